The van der Waals surface area contributed by atoms with E-state index in [-0.39, 0.29) is 0 Å². The molecule has 0 unspecified atom stereocenters. The summed E-state index contributed by atoms with van der Waals surface area (Å²) in [5.41, 5.74) is 21.2. The number of pyridine rings is 1. The summed E-state index contributed by atoms with van der Waals surface area (Å²) in [4.78, 5) is 5.22. The van der Waals surface area contributed by atoms with Gasteiger partial charge < -0.3 is 14.0 Å². The molecule has 12 aromatic rings. The van der Waals surface area contributed by atoms with Crippen molar-refractivity contribution in [2.75, 3.05) is 0 Å². The molecule has 0 bridgehead atoms. The van der Waals surface area contributed by atoms with Crippen molar-refractivity contribution in [1.82, 2.24) is 9.55 Å². The van der Waals surface area contributed by atoms with Crippen LogP contribution in [0.2, 0.25) is 0 Å². The smallest absolute Gasteiger partial charge is 0.175 e. The monoisotopic (exact) mass is 892 g/mol. The van der Waals surface area contributed by atoms with E-state index in [2.05, 4.69) is 217 Å². The van der Waals surface area contributed by atoms with Crippen LogP contribution >= 0.6 is 0 Å². The maximum absolute atomic E-state index is 6.95. The van der Waals surface area contributed by atoms with Crippen LogP contribution in [0, 0.1) is 0 Å². The minimum absolute atomic E-state index is 0.636. The minimum Gasteiger partial charge on any atom is -0.450 e. The zero-order valence-corrected chi connectivity index (χ0v) is 37.8. The van der Waals surface area contributed by atoms with Crippen LogP contribution < -0.4 is 9.47 Å². The second kappa shape index (κ2) is 14.9. The molecule has 0 saturated carbocycles. The molecule has 3 heterocycles. The Morgan fingerprint density at radius 1 is 0.329 bits per heavy atom. The van der Waals surface area contributed by atoms with Crippen LogP contribution in [0.4, 0.5) is 0 Å². The third-order valence-corrected chi connectivity index (χ3v) is 14.9. The van der Waals surface area contributed by atoms with Gasteiger partial charge in [0.2, 0.25) is 0 Å². The number of benzene rings is 10. The van der Waals surface area contributed by atoms with Gasteiger partial charge in [-0.1, -0.05) is 176 Å². The zero-order chi connectivity index (χ0) is 45.9. The van der Waals surface area contributed by atoms with Crippen LogP contribution in [0.5, 0.6) is 23.0 Å². The van der Waals surface area contributed by atoms with Gasteiger partial charge in [-0.05, 0) is 128 Å². The largest absolute Gasteiger partial charge is 0.450 e. The molecule has 4 nitrogen and oxygen atoms in total. The lowest BCUT2D eigenvalue weighted by Crippen LogP contribution is -2.27. The molecule has 10 aromatic carbocycles. The number of ether oxygens (including phenoxy) is 2. The number of rotatable bonds is 5. The second-order valence-corrected chi connectivity index (χ2v) is 18.6. The van der Waals surface area contributed by atoms with E-state index in [9.17, 15) is 0 Å². The number of para-hydroxylation sites is 3. The summed E-state index contributed by atoms with van der Waals surface area (Å²) in [6, 6.07) is 87.2. The quantitative estimate of drug-likeness (QED) is 0.173. The van der Waals surface area contributed by atoms with Gasteiger partial charge in [0, 0.05) is 33.2 Å². The molecule has 4 heteroatoms. The third kappa shape index (κ3) is 5.56. The van der Waals surface area contributed by atoms with Gasteiger partial charge in [0.25, 0.3) is 0 Å². The number of nitrogens with zero attached hydrogens (tertiary/aromatic N) is 2. The second-order valence-electron chi connectivity index (χ2n) is 18.6. The lowest BCUT2D eigenvalue weighted by Gasteiger charge is -2.33. The van der Waals surface area contributed by atoms with E-state index in [0.29, 0.717) is 0 Å². The fraction of sp³-hybridized carbons (Fsp3) is 0.0152. The molecule has 2 aliphatic carbocycles. The van der Waals surface area contributed by atoms with Crippen LogP contribution in [-0.4, -0.2) is 9.55 Å². The summed E-state index contributed by atoms with van der Waals surface area (Å²) in [7, 11) is 0. The van der Waals surface area contributed by atoms with Gasteiger partial charge in [-0.25, -0.2) is 4.98 Å². The normalized spacial score (nSPS) is 13.2. The summed E-state index contributed by atoms with van der Waals surface area (Å²) >= 11 is 0. The van der Waals surface area contributed by atoms with Gasteiger partial charge in [-0.15, -0.1) is 0 Å². The standard InChI is InChI=1S/C66H40N2O2/c1-3-15-41(16-4-1)46-39-57(42-17-5-2-6-18-42)67-58(40-46)43-27-31-47(32-28-43)68-59-24-12-9-21-51(59)53-37-44(30-35-60(53)68)45-29-33-50-52-34-36-63-65(70-62-26-14-13-25-61(62)69-63)64(52)66(56(50)38-45)54-22-10-7-19-48(54)49-20-8-11-23-55(49)66/h1-40H. The van der Waals surface area contributed by atoms with Gasteiger partial charge in [0.15, 0.2) is 23.0 Å². The summed E-state index contributed by atoms with van der Waals surface area (Å²) in [5.74, 6) is 2.95. The van der Waals surface area contributed by atoms with Crippen LogP contribution in [0.3, 0.4) is 0 Å². The van der Waals surface area contributed by atoms with Crippen LogP contribution in [0.25, 0.3) is 94.5 Å². The van der Waals surface area contributed by atoms with Gasteiger partial charge in [0.05, 0.1) is 27.8 Å². The number of hydrogen-bond donors (Lipinski definition) is 0. The predicted octanol–water partition coefficient (Wildman–Crippen LogP) is 17.1. The zero-order valence-electron chi connectivity index (χ0n) is 37.8. The SMILES string of the molecule is c1ccc(-c2cc(-c3ccccc3)nc(-c3ccc(-n4c5ccccc5c5cc(-c6ccc7c(c6)C6(c8ccccc8-c8ccccc86)c6c-7ccc7c6Oc6ccccc6O7)ccc54)cc3)c2)cc1. The van der Waals surface area contributed by atoms with Crippen molar-refractivity contribution in [3.8, 4) is 95.7 Å². The average molecular weight is 893 g/mol. The highest BCUT2D eigenvalue weighted by Crippen LogP contribution is 2.67. The van der Waals surface area contributed by atoms with E-state index in [4.69, 9.17) is 14.5 Å². The van der Waals surface area contributed by atoms with Crippen molar-refractivity contribution in [3.63, 3.8) is 0 Å². The Kier molecular flexibility index (Phi) is 8.25. The molecule has 0 saturated heterocycles. The topological polar surface area (TPSA) is 36.3 Å². The molecule has 15 rings (SSSR count). The molecular formula is C66H40N2O2. The average Bonchev–Trinajstić information content (AvgIpc) is 4.05. The summed E-state index contributed by atoms with van der Waals surface area (Å²) in [6.45, 7) is 0. The first kappa shape index (κ1) is 38.8. The fourth-order valence-corrected chi connectivity index (χ4v) is 11.8. The lowest BCUT2D eigenvalue weighted by molar-refractivity contribution is 0.354. The van der Waals surface area contributed by atoms with Gasteiger partial charge in [-0.2, -0.15) is 0 Å². The Hall–Kier alpha value is -9.25. The molecule has 0 amide bonds. The Labute approximate surface area is 405 Å². The molecule has 3 aliphatic rings. The lowest BCUT2D eigenvalue weighted by atomic mass is 9.70. The molecule has 0 radical (unpaired) electrons. The van der Waals surface area contributed by atoms with E-state index >= 15 is 0 Å². The van der Waals surface area contributed by atoms with Gasteiger partial charge in [-0.3, -0.25) is 0 Å². The molecular weight excluding hydrogens is 853 g/mol. The molecule has 1 spiro atoms. The van der Waals surface area contributed by atoms with E-state index in [1.54, 1.807) is 0 Å². The third-order valence-electron chi connectivity index (χ3n) is 14.9. The molecule has 70 heavy (non-hydrogen) atoms. The van der Waals surface area contributed by atoms with Crippen molar-refractivity contribution < 1.29 is 9.47 Å². The van der Waals surface area contributed by atoms with E-state index < -0.39 is 5.41 Å². The van der Waals surface area contributed by atoms with Gasteiger partial charge >= 0.3 is 0 Å². The fourth-order valence-electron chi connectivity index (χ4n) is 11.8. The Bertz CT molecular complexity index is 4010. The van der Waals surface area contributed by atoms with Gasteiger partial charge in [0.1, 0.15) is 0 Å². The summed E-state index contributed by atoms with van der Waals surface area (Å²) < 4.78 is 16.0. The summed E-state index contributed by atoms with van der Waals surface area (Å²) in [6.07, 6.45) is 0. The van der Waals surface area contributed by atoms with Crippen molar-refractivity contribution in [1.29, 1.82) is 0 Å². The highest BCUT2D eigenvalue weighted by Gasteiger charge is 2.54. The molecule has 0 fully saturated rings. The van der Waals surface area contributed by atoms with Crippen molar-refractivity contribution in [2.45, 2.75) is 5.41 Å². The molecule has 1 aliphatic heterocycles. The molecule has 0 N–H and O–H groups in total. The first-order valence-electron chi connectivity index (χ1n) is 23.9. The molecule has 2 aromatic heterocycles. The number of aromatic nitrogens is 2. The first-order valence-corrected chi connectivity index (χ1v) is 23.9. The van der Waals surface area contributed by atoms with Crippen LogP contribution in [0.1, 0.15) is 22.3 Å². The summed E-state index contributed by atoms with van der Waals surface area (Å²) in [5, 5.41) is 2.41. The Morgan fingerprint density at radius 2 is 0.871 bits per heavy atom. The van der Waals surface area contributed by atoms with Crippen molar-refractivity contribution in [3.05, 3.63) is 265 Å². The van der Waals surface area contributed by atoms with E-state index in [1.807, 2.05) is 30.3 Å². The minimum atomic E-state index is -0.636. The van der Waals surface area contributed by atoms with E-state index in [0.717, 1.165) is 95.6 Å². The molecule has 0 atom stereocenters. The predicted molar refractivity (Wildman–Crippen MR) is 283 cm³/mol. The Morgan fingerprint density at radius 3 is 1.61 bits per heavy atom. The van der Waals surface area contributed by atoms with E-state index in [1.165, 1.54) is 44.2 Å². The Balaban J connectivity index is 0.865. The first-order chi connectivity index (χ1) is 34.7. The highest BCUT2D eigenvalue weighted by atomic mass is 16.6. The van der Waals surface area contributed by atoms with Crippen molar-refractivity contribution >= 4 is 21.8 Å². The van der Waals surface area contributed by atoms with Crippen LogP contribution in [-0.2, 0) is 5.41 Å². The highest BCUT2D eigenvalue weighted by molar-refractivity contribution is 6.10. The number of hydrogen-bond acceptors (Lipinski definition) is 3. The number of fused-ring (bicyclic) bond motifs is 16. The maximum Gasteiger partial charge on any atom is 0.175 e. The molecule has 326 valence electrons. The van der Waals surface area contributed by atoms with Crippen molar-refractivity contribution in [2.24, 2.45) is 0 Å². The maximum atomic E-state index is 6.95. The van der Waals surface area contributed by atoms with Crippen LogP contribution in [0.15, 0.2) is 243 Å².